The maximum Gasteiger partial charge on any atom is 1.00 e. The number of hydrogen-bond donors (Lipinski definition) is 3. The number of aliphatic hydroxyl groups excluding tert-OH is 2. The van der Waals surface area contributed by atoms with Crippen molar-refractivity contribution in [2.75, 3.05) is 13.2 Å². The minimum absolute atomic E-state index is 0. The second-order valence-corrected chi connectivity index (χ2v) is 1.79. The van der Waals surface area contributed by atoms with Gasteiger partial charge in [0.05, 0.1) is 17.7 Å². The van der Waals surface area contributed by atoms with Crippen molar-refractivity contribution < 1.29 is 66.4 Å². The molecule has 0 aromatic heterocycles. The van der Waals surface area contributed by atoms with Crippen LogP contribution in [0.2, 0.25) is 0 Å². The normalized spacial score (nSPS) is 6.11. The summed E-state index contributed by atoms with van der Waals surface area (Å²) in [5, 5.41) is 15.2. The van der Waals surface area contributed by atoms with Crippen molar-refractivity contribution >= 4 is 29.7 Å². The van der Waals surface area contributed by atoms with Crippen molar-refractivity contribution in [3.05, 3.63) is 0 Å². The Hall–Kier alpha value is 1.80. The molecule has 0 fully saturated rings. The van der Waals surface area contributed by atoms with Gasteiger partial charge in [0.25, 0.3) is 0 Å². The molecule has 50 valence electrons. The van der Waals surface area contributed by atoms with Gasteiger partial charge in [0, 0.05) is 0 Å². The van der Waals surface area contributed by atoms with Crippen molar-refractivity contribution in [1.82, 2.24) is 0 Å². The molecule has 0 spiro atoms. The predicted molar refractivity (Wildman–Crippen MR) is 35.9 cm³/mol. The summed E-state index contributed by atoms with van der Waals surface area (Å²) in [4.78, 5) is 9.12. The van der Waals surface area contributed by atoms with Gasteiger partial charge in [-0.25, -0.2) is 0 Å². The Balaban J connectivity index is -0.0000000720. The molecule has 0 aliphatic rings. The molecular formula is C3H7KO3S2. The number of carbonyl (C=O) groups excluding carboxylic acids is 1. The molecule has 0 aromatic carbocycles. The van der Waals surface area contributed by atoms with E-state index < -0.39 is 4.45 Å². The summed E-state index contributed by atoms with van der Waals surface area (Å²) in [7, 11) is 0. The first-order valence-corrected chi connectivity index (χ1v) is 2.62. The van der Waals surface area contributed by atoms with E-state index >= 15 is 0 Å². The average Bonchev–Trinajstić information content (AvgIpc) is 1.65. The maximum atomic E-state index is 9.12. The van der Waals surface area contributed by atoms with Gasteiger partial charge in [0.1, 0.15) is 0 Å². The first kappa shape index (κ1) is 17.0. The van der Waals surface area contributed by atoms with E-state index in [0.717, 1.165) is 0 Å². The fourth-order valence-corrected chi connectivity index (χ4v) is 0. The second-order valence-electron chi connectivity index (χ2n) is 0.713. The largest absolute Gasteiger partial charge is 1.00 e. The summed E-state index contributed by atoms with van der Waals surface area (Å²) < 4.78 is -0.556. The van der Waals surface area contributed by atoms with Crippen molar-refractivity contribution in [3.63, 3.8) is 0 Å². The summed E-state index contributed by atoms with van der Waals surface area (Å²) in [5.41, 5.74) is 0. The van der Waals surface area contributed by atoms with Crippen LogP contribution in [0.1, 0.15) is 0 Å². The molecule has 0 unspecified atom stereocenters. The second kappa shape index (κ2) is 16.4. The molecule has 0 bridgehead atoms. The minimum atomic E-state index is -0.556. The predicted octanol–water partition coefficient (Wildman–Crippen LogP) is -3.44. The summed E-state index contributed by atoms with van der Waals surface area (Å²) in [6, 6.07) is 0. The number of aliphatic hydroxyl groups is 2. The Kier molecular flexibility index (Phi) is 31.1. The van der Waals surface area contributed by atoms with Gasteiger partial charge in [0.15, 0.2) is 0 Å². The molecule has 0 aliphatic carbocycles. The third kappa shape index (κ3) is 76.1. The Labute approximate surface area is 107 Å². The molecular weight excluding hydrogens is 187 g/mol. The van der Waals surface area contributed by atoms with E-state index in [1.165, 1.54) is 0 Å². The minimum Gasteiger partial charge on any atom is -0.731 e. The average molecular weight is 194 g/mol. The van der Waals surface area contributed by atoms with Crippen molar-refractivity contribution in [2.45, 2.75) is 0 Å². The van der Waals surface area contributed by atoms with Crippen molar-refractivity contribution in [1.29, 1.82) is 0 Å². The quantitative estimate of drug-likeness (QED) is 0.231. The molecule has 0 aliphatic heterocycles. The van der Waals surface area contributed by atoms with Gasteiger partial charge in [-0.1, -0.05) is 0 Å². The van der Waals surface area contributed by atoms with Gasteiger partial charge in [-0.05, 0) is 0 Å². The van der Waals surface area contributed by atoms with E-state index in [1.807, 2.05) is 0 Å². The van der Waals surface area contributed by atoms with Gasteiger partial charge in [-0.3, -0.25) is 0 Å². The Bertz CT molecular complexity index is 55.0. The summed E-state index contributed by atoms with van der Waals surface area (Å²) in [6.45, 7) is -0.250. The van der Waals surface area contributed by atoms with Gasteiger partial charge in [-0.2, -0.15) is 0 Å². The van der Waals surface area contributed by atoms with Crippen LogP contribution in [-0.2, 0) is 12.6 Å². The van der Waals surface area contributed by atoms with Crippen LogP contribution >= 0.6 is 12.6 Å². The van der Waals surface area contributed by atoms with Crippen LogP contribution in [0.4, 0.5) is 4.79 Å². The third-order valence-electron chi connectivity index (χ3n) is 0.1000. The van der Waals surface area contributed by atoms with Crippen LogP contribution in [-0.4, -0.2) is 27.9 Å². The van der Waals surface area contributed by atoms with Crippen LogP contribution in [0.5, 0.6) is 0 Å². The zero-order chi connectivity index (χ0) is 6.99. The number of rotatable bonds is 1. The molecule has 9 heavy (non-hydrogen) atoms. The van der Waals surface area contributed by atoms with Crippen molar-refractivity contribution in [2.24, 2.45) is 0 Å². The Morgan fingerprint density at radius 1 is 1.44 bits per heavy atom. The maximum absolute atomic E-state index is 9.12. The van der Waals surface area contributed by atoms with E-state index in [4.69, 9.17) is 15.0 Å². The smallest absolute Gasteiger partial charge is 0.731 e. The topological polar surface area (TPSA) is 57.5 Å². The number of thiol groups is 1. The van der Waals surface area contributed by atoms with Crippen LogP contribution in [0, 0.1) is 0 Å². The van der Waals surface area contributed by atoms with Crippen LogP contribution < -0.4 is 51.4 Å². The van der Waals surface area contributed by atoms with Crippen molar-refractivity contribution in [3.8, 4) is 0 Å². The number of carbonyl (C=O) groups is 1. The summed E-state index contributed by atoms with van der Waals surface area (Å²) in [5.74, 6) is 0. The standard InChI is InChI=1S/C2H6O2.CH2OS2.K/c3-1-2-4;2-1(3)4;/h3-4H,1-2H2;(H2,2,3,4);/q;;+1/p-1. The third-order valence-corrected chi connectivity index (χ3v) is 0.1000. The molecule has 6 heteroatoms. The molecule has 2 N–H and O–H groups in total. The molecule has 0 saturated carbocycles. The molecule has 0 aromatic rings. The van der Waals surface area contributed by atoms with E-state index in [2.05, 4.69) is 25.3 Å². The molecule has 0 radical (unpaired) electrons. The Morgan fingerprint density at radius 3 is 1.56 bits per heavy atom. The molecule has 0 heterocycles. The van der Waals surface area contributed by atoms with Crippen LogP contribution in [0.15, 0.2) is 0 Å². The zero-order valence-electron chi connectivity index (χ0n) is 5.07. The SMILES string of the molecule is O=C([S-])S.OCCO.[K+]. The van der Waals surface area contributed by atoms with Crippen LogP contribution in [0.25, 0.3) is 0 Å². The molecule has 0 saturated heterocycles. The molecule has 0 atom stereocenters. The molecule has 3 nitrogen and oxygen atoms in total. The molecule has 0 amide bonds. The van der Waals surface area contributed by atoms with E-state index in [1.54, 1.807) is 0 Å². The van der Waals surface area contributed by atoms with Gasteiger partial charge in [-0.15, -0.1) is 12.6 Å². The van der Waals surface area contributed by atoms with Gasteiger partial charge >= 0.3 is 51.4 Å². The fourth-order valence-electron chi connectivity index (χ4n) is 0. The first-order chi connectivity index (χ1) is 3.65. The first-order valence-electron chi connectivity index (χ1n) is 1.76. The Morgan fingerprint density at radius 2 is 1.56 bits per heavy atom. The monoisotopic (exact) mass is 194 g/mol. The van der Waals surface area contributed by atoms with E-state index in [0.29, 0.717) is 0 Å². The van der Waals surface area contributed by atoms with Crippen LogP contribution in [0.3, 0.4) is 0 Å². The van der Waals surface area contributed by atoms with E-state index in [9.17, 15) is 0 Å². The van der Waals surface area contributed by atoms with E-state index in [-0.39, 0.29) is 64.6 Å². The van der Waals surface area contributed by atoms with Gasteiger partial charge in [0.2, 0.25) is 0 Å². The molecule has 0 rings (SSSR count). The summed E-state index contributed by atoms with van der Waals surface area (Å²) in [6.07, 6.45) is 0. The van der Waals surface area contributed by atoms with Gasteiger partial charge < -0.3 is 27.6 Å². The summed E-state index contributed by atoms with van der Waals surface area (Å²) >= 11 is 6.99. The fraction of sp³-hybridized carbons (Fsp3) is 0.667. The zero-order valence-corrected chi connectivity index (χ0v) is 9.91. The number of hydrogen-bond acceptors (Lipinski definition) is 4.